The van der Waals surface area contributed by atoms with Gasteiger partial charge in [-0.25, -0.2) is 0 Å². The van der Waals surface area contributed by atoms with Crippen LogP contribution in [0.15, 0.2) is 0 Å². The zero-order chi connectivity index (χ0) is 19.9. The standard InChI is InChI=1S/C22H34N4OS/c1-3-25(4-2)15-17-10-12-26(13-11-17)16-21(27)24-22-19(14-23)18-8-6-5-7-9-20(18)28-22/h17H,3-13,15-16H2,1-2H3,(H,24,27). The summed E-state index contributed by atoms with van der Waals surface area (Å²) in [6, 6.07) is 2.35. The summed E-state index contributed by atoms with van der Waals surface area (Å²) in [5.41, 5.74) is 1.91. The fourth-order valence-corrected chi connectivity index (χ4v) is 5.75. The second-order valence-electron chi connectivity index (χ2n) is 8.13. The molecule has 1 fully saturated rings. The number of hydrogen-bond acceptors (Lipinski definition) is 5. The smallest absolute Gasteiger partial charge is 0.239 e. The van der Waals surface area contributed by atoms with Gasteiger partial charge in [0.1, 0.15) is 11.1 Å². The van der Waals surface area contributed by atoms with E-state index in [9.17, 15) is 10.1 Å². The van der Waals surface area contributed by atoms with E-state index in [1.807, 2.05) is 0 Å². The lowest BCUT2D eigenvalue weighted by Crippen LogP contribution is -2.41. The molecule has 1 aromatic heterocycles. The first-order valence-electron chi connectivity index (χ1n) is 10.9. The normalized spacial score (nSPS) is 18.5. The zero-order valence-electron chi connectivity index (χ0n) is 17.4. The Kier molecular flexibility index (Phi) is 7.90. The number of anilines is 1. The number of likely N-dealkylation sites (tertiary alicyclic amines) is 1. The summed E-state index contributed by atoms with van der Waals surface area (Å²) in [6.07, 6.45) is 7.93. The molecule has 2 heterocycles. The number of aryl methyl sites for hydroxylation is 1. The Hall–Kier alpha value is -1.42. The molecule has 6 heteroatoms. The molecule has 0 saturated carbocycles. The molecular weight excluding hydrogens is 368 g/mol. The van der Waals surface area contributed by atoms with Crippen LogP contribution in [0.4, 0.5) is 5.00 Å². The Morgan fingerprint density at radius 1 is 1.21 bits per heavy atom. The number of piperidine rings is 1. The van der Waals surface area contributed by atoms with E-state index in [1.165, 1.54) is 42.7 Å². The lowest BCUT2D eigenvalue weighted by atomic mass is 9.96. The first-order chi connectivity index (χ1) is 13.6. The van der Waals surface area contributed by atoms with Crippen molar-refractivity contribution < 1.29 is 4.79 Å². The number of carbonyl (C=O) groups is 1. The largest absolute Gasteiger partial charge is 0.315 e. The summed E-state index contributed by atoms with van der Waals surface area (Å²) in [4.78, 5) is 18.7. The third kappa shape index (κ3) is 5.34. The van der Waals surface area contributed by atoms with Gasteiger partial charge in [-0.05, 0) is 76.2 Å². The monoisotopic (exact) mass is 402 g/mol. The topological polar surface area (TPSA) is 59.4 Å². The van der Waals surface area contributed by atoms with Crippen molar-refractivity contribution in [2.45, 2.75) is 58.8 Å². The zero-order valence-corrected chi connectivity index (χ0v) is 18.2. The predicted molar refractivity (Wildman–Crippen MR) is 116 cm³/mol. The summed E-state index contributed by atoms with van der Waals surface area (Å²) in [5.74, 6) is 0.771. The molecule has 0 spiro atoms. The highest BCUT2D eigenvalue weighted by molar-refractivity contribution is 7.16. The van der Waals surface area contributed by atoms with E-state index >= 15 is 0 Å². The maximum absolute atomic E-state index is 12.6. The predicted octanol–water partition coefficient (Wildman–Crippen LogP) is 3.88. The Morgan fingerprint density at radius 2 is 1.93 bits per heavy atom. The molecule has 3 rings (SSSR count). The number of thiophene rings is 1. The fraction of sp³-hybridized carbons (Fsp3) is 0.727. The van der Waals surface area contributed by atoms with Gasteiger partial charge < -0.3 is 10.2 Å². The molecule has 1 N–H and O–H groups in total. The van der Waals surface area contributed by atoms with Crippen LogP contribution in [0.3, 0.4) is 0 Å². The summed E-state index contributed by atoms with van der Waals surface area (Å²) in [5, 5.41) is 13.5. The number of nitrogens with zero attached hydrogens (tertiary/aromatic N) is 3. The molecule has 1 aliphatic heterocycles. The maximum Gasteiger partial charge on any atom is 0.239 e. The van der Waals surface area contributed by atoms with Crippen molar-refractivity contribution in [3.05, 3.63) is 16.0 Å². The molecule has 5 nitrogen and oxygen atoms in total. The number of amides is 1. The van der Waals surface area contributed by atoms with Gasteiger partial charge in [0.05, 0.1) is 12.1 Å². The van der Waals surface area contributed by atoms with Crippen molar-refractivity contribution in [3.63, 3.8) is 0 Å². The van der Waals surface area contributed by atoms with Crippen LogP contribution in [0, 0.1) is 17.2 Å². The number of rotatable bonds is 7. The Balaban J connectivity index is 1.51. The van der Waals surface area contributed by atoms with Crippen molar-refractivity contribution in [3.8, 4) is 6.07 Å². The van der Waals surface area contributed by atoms with E-state index in [-0.39, 0.29) is 5.91 Å². The quantitative estimate of drug-likeness (QED) is 0.703. The van der Waals surface area contributed by atoms with Crippen LogP contribution in [0.2, 0.25) is 0 Å². The molecule has 0 radical (unpaired) electrons. The maximum atomic E-state index is 12.6. The minimum absolute atomic E-state index is 0.0232. The van der Waals surface area contributed by atoms with Gasteiger partial charge in [-0.15, -0.1) is 11.3 Å². The molecule has 154 valence electrons. The summed E-state index contributed by atoms with van der Waals surface area (Å²) >= 11 is 1.62. The van der Waals surface area contributed by atoms with Gasteiger partial charge in [0.2, 0.25) is 5.91 Å². The van der Waals surface area contributed by atoms with Gasteiger partial charge in [0.25, 0.3) is 0 Å². The van der Waals surface area contributed by atoms with Gasteiger partial charge >= 0.3 is 0 Å². The van der Waals surface area contributed by atoms with Crippen LogP contribution < -0.4 is 5.32 Å². The van der Waals surface area contributed by atoms with Crippen molar-refractivity contribution in [1.82, 2.24) is 9.80 Å². The third-order valence-corrected chi connectivity index (χ3v) is 7.48. The molecule has 1 aliphatic carbocycles. The second kappa shape index (κ2) is 10.4. The fourth-order valence-electron chi connectivity index (χ4n) is 4.49. The summed E-state index contributed by atoms with van der Waals surface area (Å²) in [7, 11) is 0. The Labute approximate surface area is 173 Å². The Morgan fingerprint density at radius 3 is 2.61 bits per heavy atom. The lowest BCUT2D eigenvalue weighted by Gasteiger charge is -2.34. The van der Waals surface area contributed by atoms with Crippen molar-refractivity contribution in [1.29, 1.82) is 5.26 Å². The SMILES string of the molecule is CCN(CC)CC1CCN(CC(=O)Nc2sc3c(c2C#N)CCCCC3)CC1. The van der Waals surface area contributed by atoms with Crippen LogP contribution in [-0.2, 0) is 17.6 Å². The highest BCUT2D eigenvalue weighted by Crippen LogP contribution is 2.37. The van der Waals surface area contributed by atoms with E-state index in [0.717, 1.165) is 56.4 Å². The molecule has 0 bridgehead atoms. The van der Waals surface area contributed by atoms with Crippen LogP contribution in [0.5, 0.6) is 0 Å². The molecule has 1 aromatic rings. The molecule has 0 aromatic carbocycles. The number of nitriles is 1. The Bertz CT molecular complexity index is 696. The third-order valence-electron chi connectivity index (χ3n) is 6.27. The molecule has 2 aliphatic rings. The average Bonchev–Trinajstić information content (AvgIpc) is 2.86. The van der Waals surface area contributed by atoms with Gasteiger partial charge in [0.15, 0.2) is 0 Å². The van der Waals surface area contributed by atoms with E-state index in [1.54, 1.807) is 11.3 Å². The molecule has 28 heavy (non-hydrogen) atoms. The van der Waals surface area contributed by atoms with Crippen LogP contribution >= 0.6 is 11.3 Å². The van der Waals surface area contributed by atoms with E-state index < -0.39 is 0 Å². The van der Waals surface area contributed by atoms with E-state index in [2.05, 4.69) is 35.0 Å². The lowest BCUT2D eigenvalue weighted by molar-refractivity contribution is -0.117. The van der Waals surface area contributed by atoms with Crippen molar-refractivity contribution in [2.75, 3.05) is 44.6 Å². The van der Waals surface area contributed by atoms with Gasteiger partial charge in [-0.1, -0.05) is 20.3 Å². The summed E-state index contributed by atoms with van der Waals surface area (Å²) < 4.78 is 0. The van der Waals surface area contributed by atoms with E-state index in [0.29, 0.717) is 12.1 Å². The van der Waals surface area contributed by atoms with Gasteiger partial charge in [-0.3, -0.25) is 9.69 Å². The molecule has 0 unspecified atom stereocenters. The first-order valence-corrected chi connectivity index (χ1v) is 11.7. The molecular formula is C22H34N4OS. The van der Waals surface area contributed by atoms with Crippen molar-refractivity contribution >= 4 is 22.2 Å². The number of nitrogens with one attached hydrogen (secondary N) is 1. The molecule has 0 atom stereocenters. The van der Waals surface area contributed by atoms with Crippen LogP contribution in [0.25, 0.3) is 0 Å². The minimum Gasteiger partial charge on any atom is -0.315 e. The number of fused-ring (bicyclic) bond motifs is 1. The molecule has 1 amide bonds. The minimum atomic E-state index is 0.0232. The van der Waals surface area contributed by atoms with Gasteiger partial charge in [-0.2, -0.15) is 5.26 Å². The van der Waals surface area contributed by atoms with Crippen LogP contribution in [0.1, 0.15) is 62.0 Å². The van der Waals surface area contributed by atoms with E-state index in [4.69, 9.17) is 0 Å². The highest BCUT2D eigenvalue weighted by atomic mass is 32.1. The first kappa shape index (κ1) is 21.3. The number of hydrogen-bond donors (Lipinski definition) is 1. The van der Waals surface area contributed by atoms with Gasteiger partial charge in [0, 0.05) is 11.4 Å². The van der Waals surface area contributed by atoms with Crippen LogP contribution in [-0.4, -0.2) is 55.0 Å². The summed E-state index contributed by atoms with van der Waals surface area (Å²) in [6.45, 7) is 10.3. The number of carbonyl (C=O) groups excluding carboxylic acids is 1. The average molecular weight is 403 g/mol. The second-order valence-corrected chi connectivity index (χ2v) is 9.24. The highest BCUT2D eigenvalue weighted by Gasteiger charge is 2.24. The van der Waals surface area contributed by atoms with Crippen molar-refractivity contribution in [2.24, 2.45) is 5.92 Å². The molecule has 1 saturated heterocycles.